The predicted molar refractivity (Wildman–Crippen MR) is 243 cm³/mol. The number of piperazine rings is 2. The lowest BCUT2D eigenvalue weighted by Gasteiger charge is -2.33. The first-order chi connectivity index (χ1) is 28.7. The summed E-state index contributed by atoms with van der Waals surface area (Å²) in [6.45, 7) is 3.86. The number of hydrogen-bond donors (Lipinski definition) is 0. The first-order valence-corrected chi connectivity index (χ1v) is 24.5. The summed E-state index contributed by atoms with van der Waals surface area (Å²) in [5, 5.41) is 7.68. The third-order valence-corrected chi connectivity index (χ3v) is 16.6. The molecule has 0 aliphatic carbocycles. The van der Waals surface area contributed by atoms with Crippen molar-refractivity contribution in [2.24, 2.45) is 0 Å². The van der Waals surface area contributed by atoms with Crippen LogP contribution in [-0.4, -0.2) is 102 Å². The second kappa shape index (κ2) is 19.2. The highest BCUT2D eigenvalue weighted by Crippen LogP contribution is 2.35. The van der Waals surface area contributed by atoms with Crippen LogP contribution in [0.2, 0.25) is 20.1 Å². The molecule has 12 nitrogen and oxygen atoms in total. The third-order valence-electron chi connectivity index (χ3n) is 9.77. The largest absolute Gasteiger partial charge is 0.497 e. The molecule has 0 bridgehead atoms. The van der Waals surface area contributed by atoms with Crippen LogP contribution < -0.4 is 19.3 Å². The maximum absolute atomic E-state index is 12.9. The first kappa shape index (κ1) is 44.4. The number of thiazole rings is 2. The summed E-state index contributed by atoms with van der Waals surface area (Å²) < 4.78 is 65.1. The number of nitrogens with zero attached hydrogens (tertiary/aromatic N) is 6. The summed E-state index contributed by atoms with van der Waals surface area (Å²) in [6, 6.07) is 23.6. The van der Waals surface area contributed by atoms with E-state index in [1.807, 2.05) is 35.0 Å². The lowest BCUT2D eigenvalue weighted by molar-refractivity contribution is 0.384. The fourth-order valence-electron chi connectivity index (χ4n) is 6.45. The minimum absolute atomic E-state index is 0.256. The first-order valence-electron chi connectivity index (χ1n) is 18.4. The van der Waals surface area contributed by atoms with E-state index in [0.29, 0.717) is 83.9 Å². The minimum Gasteiger partial charge on any atom is -0.497 e. The van der Waals surface area contributed by atoms with E-state index in [1.165, 1.54) is 43.4 Å². The molecular weight excluding hydrogens is 931 g/mol. The lowest BCUT2D eigenvalue weighted by Crippen LogP contribution is -2.48. The number of benzene rings is 4. The van der Waals surface area contributed by atoms with Gasteiger partial charge in [0.2, 0.25) is 20.0 Å². The molecule has 0 saturated carbocycles. The van der Waals surface area contributed by atoms with Crippen molar-refractivity contribution in [3.63, 3.8) is 0 Å². The Labute approximate surface area is 377 Å². The Balaban J connectivity index is 0.000000182. The molecule has 0 N–H and O–H groups in total. The van der Waals surface area contributed by atoms with Crippen molar-refractivity contribution in [1.29, 1.82) is 0 Å². The quantitative estimate of drug-likeness (QED) is 0.131. The van der Waals surface area contributed by atoms with E-state index in [2.05, 4.69) is 9.80 Å². The Morgan fingerprint density at radius 3 is 1.33 bits per heavy atom. The molecule has 20 heteroatoms. The maximum Gasteiger partial charge on any atom is 0.243 e. The highest BCUT2D eigenvalue weighted by molar-refractivity contribution is 7.89. The number of hydrogen-bond acceptors (Lipinski definition) is 12. The van der Waals surface area contributed by atoms with E-state index in [0.717, 1.165) is 32.8 Å². The highest BCUT2D eigenvalue weighted by Gasteiger charge is 2.31. The number of sulfonamides is 2. The van der Waals surface area contributed by atoms with Gasteiger partial charge in [0.1, 0.15) is 11.5 Å². The highest BCUT2D eigenvalue weighted by atomic mass is 35.5. The van der Waals surface area contributed by atoms with Gasteiger partial charge in [-0.2, -0.15) is 8.61 Å². The van der Waals surface area contributed by atoms with Crippen LogP contribution in [0.4, 0.5) is 10.3 Å². The van der Waals surface area contributed by atoms with Gasteiger partial charge in [-0.3, -0.25) is 0 Å². The van der Waals surface area contributed by atoms with Gasteiger partial charge in [0.05, 0.1) is 45.4 Å². The molecule has 2 fully saturated rings. The number of anilines is 2. The fraction of sp³-hybridized carbons (Fsp3) is 0.250. The molecule has 4 heterocycles. The lowest BCUT2D eigenvalue weighted by atomic mass is 10.1. The summed E-state index contributed by atoms with van der Waals surface area (Å²) in [4.78, 5) is 14.2. The summed E-state index contributed by atoms with van der Waals surface area (Å²) in [5.74, 6) is 1.40. The topological polar surface area (TPSA) is 125 Å². The summed E-state index contributed by atoms with van der Waals surface area (Å²) in [7, 11) is -3.83. The molecule has 0 radical (unpaired) electrons. The molecule has 4 aromatic carbocycles. The van der Waals surface area contributed by atoms with Gasteiger partial charge >= 0.3 is 0 Å². The molecule has 2 aliphatic heterocycles. The van der Waals surface area contributed by atoms with Crippen LogP contribution in [0.15, 0.2) is 105 Å². The van der Waals surface area contributed by atoms with E-state index in [1.54, 1.807) is 62.8 Å². The summed E-state index contributed by atoms with van der Waals surface area (Å²) in [6.07, 6.45) is 0. The molecule has 6 aromatic rings. The van der Waals surface area contributed by atoms with Crippen molar-refractivity contribution in [3.8, 4) is 34.0 Å². The minimum atomic E-state index is -3.53. The Hall–Kier alpha value is -3.68. The van der Waals surface area contributed by atoms with E-state index in [-0.39, 0.29) is 9.79 Å². The molecule has 0 spiro atoms. The SMILES string of the molecule is COc1cc(OC)cc(-c2csc(N3CCN(S(=O)(=O)c4ccc(Cl)cc4)CC3)n2)c1.O=S(=O)(c1ccc(Cl)cc1)N1CCN(c2nc(-c3ccc(Cl)c(Cl)c3)cs2)CC1. The fourth-order valence-corrected chi connectivity index (χ4v) is 11.6. The molecule has 2 aromatic heterocycles. The second-order valence-electron chi connectivity index (χ2n) is 13.5. The molecule has 0 unspecified atom stereocenters. The number of methoxy groups -OCH3 is 2. The molecule has 316 valence electrons. The zero-order chi connectivity index (χ0) is 42.6. The van der Waals surface area contributed by atoms with Gasteiger partial charge in [0.25, 0.3) is 0 Å². The Bertz CT molecular complexity index is 2630. The van der Waals surface area contributed by atoms with Gasteiger partial charge in [-0.05, 0) is 72.8 Å². The molecular formula is C40H38Cl4N6O6S4. The zero-order valence-electron chi connectivity index (χ0n) is 32.2. The van der Waals surface area contributed by atoms with Crippen LogP contribution in [0.25, 0.3) is 22.5 Å². The van der Waals surface area contributed by atoms with Crippen LogP contribution in [0.5, 0.6) is 11.5 Å². The average Bonchev–Trinajstić information content (AvgIpc) is 3.97. The average molecular weight is 969 g/mol. The van der Waals surface area contributed by atoms with Crippen LogP contribution in [0.3, 0.4) is 0 Å². The van der Waals surface area contributed by atoms with E-state index in [9.17, 15) is 16.8 Å². The molecule has 60 heavy (non-hydrogen) atoms. The van der Waals surface area contributed by atoms with Crippen molar-refractivity contribution in [2.45, 2.75) is 9.79 Å². The zero-order valence-corrected chi connectivity index (χ0v) is 38.5. The smallest absolute Gasteiger partial charge is 0.243 e. The van der Waals surface area contributed by atoms with E-state index >= 15 is 0 Å². The normalized spacial score (nSPS) is 15.4. The number of rotatable bonds is 10. The molecule has 2 aliphatic rings. The number of halogens is 4. The van der Waals surface area contributed by atoms with Crippen molar-refractivity contribution < 1.29 is 26.3 Å². The monoisotopic (exact) mass is 966 g/mol. The third kappa shape index (κ3) is 10.2. The maximum atomic E-state index is 12.9. The predicted octanol–water partition coefficient (Wildman–Crippen LogP) is 9.27. The second-order valence-corrected chi connectivity index (χ2v) is 20.7. The van der Waals surface area contributed by atoms with E-state index in [4.69, 9.17) is 65.8 Å². The molecule has 0 amide bonds. The van der Waals surface area contributed by atoms with Crippen molar-refractivity contribution in [2.75, 3.05) is 76.4 Å². The summed E-state index contributed by atoms with van der Waals surface area (Å²) >= 11 is 26.9. The van der Waals surface area contributed by atoms with Gasteiger partial charge in [-0.25, -0.2) is 26.8 Å². The van der Waals surface area contributed by atoms with Gasteiger partial charge in [-0.15, -0.1) is 22.7 Å². The Morgan fingerprint density at radius 1 is 0.517 bits per heavy atom. The van der Waals surface area contributed by atoms with E-state index < -0.39 is 20.0 Å². The molecule has 0 atom stereocenters. The van der Waals surface area contributed by atoms with Gasteiger partial charge in [0.15, 0.2) is 10.3 Å². The van der Waals surface area contributed by atoms with Crippen molar-refractivity contribution >= 4 is 99.4 Å². The number of aromatic nitrogens is 2. The Kier molecular flexibility index (Phi) is 14.2. The van der Waals surface area contributed by atoms with Crippen LogP contribution in [0.1, 0.15) is 0 Å². The summed E-state index contributed by atoms with van der Waals surface area (Å²) in [5.41, 5.74) is 3.45. The molecule has 2 saturated heterocycles. The van der Waals surface area contributed by atoms with Crippen LogP contribution in [0, 0.1) is 0 Å². The number of ether oxygens (including phenoxy) is 2. The van der Waals surface area contributed by atoms with Crippen LogP contribution >= 0.6 is 69.1 Å². The van der Waals surface area contributed by atoms with Gasteiger partial charge < -0.3 is 19.3 Å². The van der Waals surface area contributed by atoms with Crippen LogP contribution in [-0.2, 0) is 20.0 Å². The van der Waals surface area contributed by atoms with Crippen molar-refractivity contribution in [3.05, 3.63) is 116 Å². The molecule has 8 rings (SSSR count). The Morgan fingerprint density at radius 2 is 0.933 bits per heavy atom. The van der Waals surface area contributed by atoms with Crippen molar-refractivity contribution in [1.82, 2.24) is 18.6 Å². The van der Waals surface area contributed by atoms with Gasteiger partial charge in [-0.1, -0.05) is 52.5 Å². The van der Waals surface area contributed by atoms with Gasteiger partial charge in [0, 0.05) is 90.4 Å². The standard InChI is InChI=1S/C21H22ClN3O4S2.C19H16Cl3N3O2S2/c1-28-17-11-15(12-18(13-17)29-2)20-14-30-21(23-20)24-7-9-25(10-8-24)31(26,27)19-5-3-16(22)4-6-19;20-14-2-4-15(5-3-14)29(26,27)25-9-7-24(8-10-25)19-23-18(12-28-19)13-1-6-16(21)17(22)11-13/h3-6,11-14H,7-10H2,1-2H3;1-6,11-12H,7-10H2.